The molecule has 0 saturated carbocycles. The fourth-order valence-electron chi connectivity index (χ4n) is 5.20. The summed E-state index contributed by atoms with van der Waals surface area (Å²) >= 11 is 0. The van der Waals surface area contributed by atoms with Gasteiger partial charge in [0, 0.05) is 17.5 Å². The van der Waals surface area contributed by atoms with E-state index in [2.05, 4.69) is 25.7 Å². The van der Waals surface area contributed by atoms with Crippen molar-refractivity contribution in [2.45, 2.75) is 123 Å². The summed E-state index contributed by atoms with van der Waals surface area (Å²) in [5, 5.41) is 0. The number of carbonyl (C=O) groups is 3. The number of hydrogen-bond donors (Lipinski definition) is 0. The normalized spacial score (nSPS) is 11.2. The molecule has 0 fully saturated rings. The molecule has 256 valence electrons. The molecule has 0 aliphatic carbocycles. The lowest BCUT2D eigenvalue weighted by Gasteiger charge is -2.13. The Labute approximate surface area is 287 Å². The van der Waals surface area contributed by atoms with Crippen LogP contribution in [-0.4, -0.2) is 24.0 Å². The molecule has 0 spiro atoms. The summed E-state index contributed by atoms with van der Waals surface area (Å²) in [6.45, 7) is 6.31. The highest BCUT2D eigenvalue weighted by Crippen LogP contribution is 2.18. The molecule has 3 rings (SSSR count). The van der Waals surface area contributed by atoms with Crippen molar-refractivity contribution < 1.29 is 28.6 Å². The Kier molecular flexibility index (Phi) is 17.6. The van der Waals surface area contributed by atoms with E-state index >= 15 is 0 Å². The summed E-state index contributed by atoms with van der Waals surface area (Å²) in [7, 11) is 0. The summed E-state index contributed by atoms with van der Waals surface area (Å²) in [5.41, 5.74) is 2.32. The van der Waals surface area contributed by atoms with Crippen LogP contribution in [0.2, 0.25) is 0 Å². The average Bonchev–Trinajstić information content (AvgIpc) is 3.09. The molecule has 0 unspecified atom stereocenters. The molecule has 1 atom stereocenters. The van der Waals surface area contributed by atoms with Crippen LogP contribution in [0.1, 0.15) is 149 Å². The molecule has 6 heteroatoms. The Hall–Kier alpha value is -4.37. The van der Waals surface area contributed by atoms with Crippen LogP contribution in [0.15, 0.2) is 72.8 Å². The number of unbranched alkanes of at least 4 members (excludes halogenated alkanes) is 11. The van der Waals surface area contributed by atoms with E-state index in [1.165, 1.54) is 57.8 Å². The van der Waals surface area contributed by atoms with Crippen LogP contribution in [0.25, 0.3) is 0 Å². The Morgan fingerprint density at radius 2 is 0.979 bits per heavy atom. The predicted octanol–water partition coefficient (Wildman–Crippen LogP) is 10.6. The van der Waals surface area contributed by atoms with Crippen molar-refractivity contribution in [1.82, 2.24) is 0 Å². The number of benzene rings is 3. The van der Waals surface area contributed by atoms with Crippen LogP contribution < -0.4 is 9.47 Å². The minimum Gasteiger partial charge on any atom is -0.459 e. The third kappa shape index (κ3) is 15.0. The molecule has 48 heavy (non-hydrogen) atoms. The van der Waals surface area contributed by atoms with Gasteiger partial charge in [-0.05, 0) is 99.0 Å². The van der Waals surface area contributed by atoms with Crippen LogP contribution >= 0.6 is 0 Å². The fourth-order valence-corrected chi connectivity index (χ4v) is 5.20. The van der Waals surface area contributed by atoms with E-state index in [1.54, 1.807) is 60.7 Å². The lowest BCUT2D eigenvalue weighted by Crippen LogP contribution is -2.15. The van der Waals surface area contributed by atoms with Crippen LogP contribution in [0.4, 0.5) is 0 Å². The molecule has 0 heterocycles. The zero-order chi connectivity index (χ0) is 34.4. The minimum atomic E-state index is -0.506. The standard InChI is InChI=1S/C42H52O6/c1-4-6-8-10-11-12-13-14-16-18-40(43)47-38-29-23-35(24-30-38)20-19-34-21-25-36(26-22-34)42(45)48-39-31-27-37(28-32-39)41(44)46-33(3)17-15-9-7-5-2/h21-33H,4-18H2,1-3H3/t33-/m0/s1. The predicted molar refractivity (Wildman–Crippen MR) is 191 cm³/mol. The first-order valence-electron chi connectivity index (χ1n) is 17.8. The third-order valence-corrected chi connectivity index (χ3v) is 8.12. The largest absolute Gasteiger partial charge is 0.459 e. The topological polar surface area (TPSA) is 78.9 Å². The molecule has 0 bridgehead atoms. The lowest BCUT2D eigenvalue weighted by atomic mass is 10.1. The molecule has 6 nitrogen and oxygen atoms in total. The third-order valence-electron chi connectivity index (χ3n) is 8.12. The number of carbonyl (C=O) groups excluding carboxylic acids is 3. The van der Waals surface area contributed by atoms with Gasteiger partial charge in [-0.1, -0.05) is 96.3 Å². The van der Waals surface area contributed by atoms with Crippen LogP contribution in [-0.2, 0) is 9.53 Å². The smallest absolute Gasteiger partial charge is 0.343 e. The van der Waals surface area contributed by atoms with Crippen molar-refractivity contribution in [2.75, 3.05) is 0 Å². The van der Waals surface area contributed by atoms with Gasteiger partial charge in [-0.3, -0.25) is 4.79 Å². The van der Waals surface area contributed by atoms with Crippen molar-refractivity contribution in [3.63, 3.8) is 0 Å². The highest BCUT2D eigenvalue weighted by atomic mass is 16.5. The van der Waals surface area contributed by atoms with Gasteiger partial charge in [0.05, 0.1) is 17.2 Å². The molecular formula is C42H52O6. The zero-order valence-electron chi connectivity index (χ0n) is 29.1. The number of rotatable bonds is 20. The van der Waals surface area contributed by atoms with Crippen LogP contribution in [0, 0.1) is 11.8 Å². The van der Waals surface area contributed by atoms with E-state index in [4.69, 9.17) is 14.2 Å². The fraction of sp³-hybridized carbons (Fsp3) is 0.452. The highest BCUT2D eigenvalue weighted by Gasteiger charge is 2.14. The first kappa shape index (κ1) is 38.1. The van der Waals surface area contributed by atoms with Crippen molar-refractivity contribution in [2.24, 2.45) is 0 Å². The second-order valence-electron chi connectivity index (χ2n) is 12.4. The van der Waals surface area contributed by atoms with Gasteiger partial charge >= 0.3 is 17.9 Å². The summed E-state index contributed by atoms with van der Waals surface area (Å²) < 4.78 is 16.5. The molecule has 0 radical (unpaired) electrons. The number of esters is 3. The van der Waals surface area contributed by atoms with Gasteiger partial charge in [-0.25, -0.2) is 9.59 Å². The second kappa shape index (κ2) is 22.2. The summed E-state index contributed by atoms with van der Waals surface area (Å²) in [5.74, 6) is 5.95. The molecule has 0 saturated heterocycles. The maximum atomic E-state index is 12.7. The molecule has 0 aromatic heterocycles. The summed E-state index contributed by atoms with van der Waals surface area (Å²) in [6, 6.07) is 20.4. The Morgan fingerprint density at radius 3 is 1.56 bits per heavy atom. The Morgan fingerprint density at radius 1 is 0.542 bits per heavy atom. The van der Waals surface area contributed by atoms with E-state index < -0.39 is 5.97 Å². The SMILES string of the molecule is CCCCCCCCCCCC(=O)Oc1ccc(C#Cc2ccc(C(=O)Oc3ccc(C(=O)O[C@@H](C)CCCCCC)cc3)cc2)cc1. The number of ether oxygens (including phenoxy) is 3. The van der Waals surface area contributed by atoms with Gasteiger partial charge in [0.2, 0.25) is 0 Å². The molecule has 3 aromatic carbocycles. The first-order valence-corrected chi connectivity index (χ1v) is 17.8. The van der Waals surface area contributed by atoms with Crippen molar-refractivity contribution >= 4 is 17.9 Å². The quantitative estimate of drug-likeness (QED) is 0.0523. The van der Waals surface area contributed by atoms with E-state index in [9.17, 15) is 14.4 Å². The monoisotopic (exact) mass is 652 g/mol. The Balaban J connectivity index is 1.39. The molecule has 0 aliphatic rings. The van der Waals surface area contributed by atoms with Crippen molar-refractivity contribution in [3.05, 3.63) is 95.1 Å². The zero-order valence-corrected chi connectivity index (χ0v) is 29.1. The molecule has 3 aromatic rings. The average molecular weight is 653 g/mol. The van der Waals surface area contributed by atoms with Gasteiger partial charge < -0.3 is 14.2 Å². The molecule has 0 amide bonds. The maximum Gasteiger partial charge on any atom is 0.343 e. The van der Waals surface area contributed by atoms with E-state index in [1.807, 2.05) is 19.1 Å². The lowest BCUT2D eigenvalue weighted by molar-refractivity contribution is -0.134. The molecule has 0 aliphatic heterocycles. The molecule has 0 N–H and O–H groups in total. The number of hydrogen-bond acceptors (Lipinski definition) is 6. The summed E-state index contributed by atoms with van der Waals surface area (Å²) in [4.78, 5) is 37.3. The van der Waals surface area contributed by atoms with Gasteiger partial charge in [0.1, 0.15) is 11.5 Å². The van der Waals surface area contributed by atoms with Gasteiger partial charge in [-0.15, -0.1) is 0 Å². The summed E-state index contributed by atoms with van der Waals surface area (Å²) in [6.07, 6.45) is 16.5. The van der Waals surface area contributed by atoms with E-state index in [0.717, 1.165) is 43.2 Å². The first-order chi connectivity index (χ1) is 23.4. The van der Waals surface area contributed by atoms with Crippen molar-refractivity contribution in [1.29, 1.82) is 0 Å². The van der Waals surface area contributed by atoms with E-state index in [-0.39, 0.29) is 18.0 Å². The second-order valence-corrected chi connectivity index (χ2v) is 12.4. The Bertz CT molecular complexity index is 1450. The molecular weight excluding hydrogens is 600 g/mol. The highest BCUT2D eigenvalue weighted by molar-refractivity contribution is 5.92. The maximum absolute atomic E-state index is 12.7. The van der Waals surface area contributed by atoms with Gasteiger partial charge in [0.25, 0.3) is 0 Å². The van der Waals surface area contributed by atoms with Gasteiger partial charge in [-0.2, -0.15) is 0 Å². The van der Waals surface area contributed by atoms with Crippen LogP contribution in [0.3, 0.4) is 0 Å². The minimum absolute atomic E-state index is 0.143. The van der Waals surface area contributed by atoms with E-state index in [0.29, 0.717) is 29.0 Å². The van der Waals surface area contributed by atoms with Gasteiger partial charge in [0.15, 0.2) is 0 Å². The van der Waals surface area contributed by atoms with Crippen molar-refractivity contribution in [3.8, 4) is 23.3 Å². The van der Waals surface area contributed by atoms with Crippen LogP contribution in [0.5, 0.6) is 11.5 Å².